The lowest BCUT2D eigenvalue weighted by Gasteiger charge is -2.00. The zero-order valence-corrected chi connectivity index (χ0v) is 7.90. The number of hydrogen-bond acceptors (Lipinski definition) is 2. The molecule has 0 saturated carbocycles. The fourth-order valence-electron chi connectivity index (χ4n) is 1.35. The van der Waals surface area contributed by atoms with Crippen LogP contribution in [0.2, 0.25) is 0 Å². The largest absolute Gasteiger partial charge is 0.321 e. The zero-order valence-electron chi connectivity index (χ0n) is 7.90. The van der Waals surface area contributed by atoms with Crippen molar-refractivity contribution in [2.75, 3.05) is 0 Å². The fourth-order valence-corrected chi connectivity index (χ4v) is 1.35. The van der Waals surface area contributed by atoms with Gasteiger partial charge in [0.15, 0.2) is 0 Å². The van der Waals surface area contributed by atoms with Crippen molar-refractivity contribution in [1.29, 1.82) is 5.26 Å². The molecule has 0 amide bonds. The third kappa shape index (κ3) is 1.79. The lowest BCUT2D eigenvalue weighted by molar-refractivity contribution is 1.22. The van der Waals surface area contributed by atoms with Gasteiger partial charge >= 0.3 is 0 Å². The van der Waals surface area contributed by atoms with Crippen molar-refractivity contribution < 1.29 is 0 Å². The Morgan fingerprint density at radius 2 is 1.80 bits per heavy atom. The Balaban J connectivity index is 2.54. The Kier molecular flexibility index (Phi) is 2.34. The summed E-state index contributed by atoms with van der Waals surface area (Å²) in [4.78, 5) is 14.0. The van der Waals surface area contributed by atoms with Crippen LogP contribution in [0.15, 0.2) is 47.3 Å². The molecule has 0 fully saturated rings. The monoisotopic (exact) mass is 196 g/mol. The number of rotatable bonds is 1. The molecule has 15 heavy (non-hydrogen) atoms. The highest BCUT2D eigenvalue weighted by molar-refractivity contribution is 5.59. The Bertz CT molecular complexity index is 564. The minimum atomic E-state index is -0.348. The molecule has 72 valence electrons. The number of aromatic nitrogens is 1. The van der Waals surface area contributed by atoms with Crippen molar-refractivity contribution in [1.82, 2.24) is 4.98 Å². The molecule has 1 N–H and O–H groups in total. The van der Waals surface area contributed by atoms with Gasteiger partial charge in [-0.15, -0.1) is 0 Å². The van der Waals surface area contributed by atoms with Crippen LogP contribution in [0.1, 0.15) is 5.56 Å². The van der Waals surface area contributed by atoms with Crippen LogP contribution >= 0.6 is 0 Å². The van der Waals surface area contributed by atoms with Crippen molar-refractivity contribution in [3.63, 3.8) is 0 Å². The number of pyridine rings is 1. The molecule has 0 aliphatic rings. The first-order chi connectivity index (χ1) is 7.31. The van der Waals surface area contributed by atoms with Crippen LogP contribution in [0, 0.1) is 11.3 Å². The predicted octanol–water partition coefficient (Wildman–Crippen LogP) is 1.91. The van der Waals surface area contributed by atoms with Crippen molar-refractivity contribution in [3.8, 4) is 17.3 Å². The third-order valence-corrected chi connectivity index (χ3v) is 2.11. The lowest BCUT2D eigenvalue weighted by Crippen LogP contribution is -2.09. The molecule has 0 aliphatic heterocycles. The van der Waals surface area contributed by atoms with E-state index in [4.69, 9.17) is 5.26 Å². The second-order valence-corrected chi connectivity index (χ2v) is 3.09. The molecule has 0 saturated heterocycles. The average molecular weight is 196 g/mol. The Hall–Kier alpha value is -2.34. The van der Waals surface area contributed by atoms with E-state index in [0.29, 0.717) is 0 Å². The summed E-state index contributed by atoms with van der Waals surface area (Å²) in [7, 11) is 0. The van der Waals surface area contributed by atoms with E-state index >= 15 is 0 Å². The van der Waals surface area contributed by atoms with Gasteiger partial charge < -0.3 is 4.98 Å². The first-order valence-electron chi connectivity index (χ1n) is 4.50. The van der Waals surface area contributed by atoms with E-state index in [1.807, 2.05) is 36.4 Å². The minimum Gasteiger partial charge on any atom is -0.321 e. The highest BCUT2D eigenvalue weighted by Crippen LogP contribution is 2.14. The third-order valence-electron chi connectivity index (χ3n) is 2.11. The Morgan fingerprint density at radius 3 is 2.40 bits per heavy atom. The van der Waals surface area contributed by atoms with Crippen LogP contribution in [-0.4, -0.2) is 4.98 Å². The topological polar surface area (TPSA) is 56.6 Å². The number of aromatic amines is 1. The van der Waals surface area contributed by atoms with Crippen molar-refractivity contribution in [3.05, 3.63) is 58.4 Å². The summed E-state index contributed by atoms with van der Waals surface area (Å²) in [5, 5.41) is 8.61. The Labute approximate surface area is 86.6 Å². The van der Waals surface area contributed by atoms with Gasteiger partial charge in [0.2, 0.25) is 0 Å². The van der Waals surface area contributed by atoms with Gasteiger partial charge in [0.1, 0.15) is 11.6 Å². The molecule has 1 aromatic carbocycles. The average Bonchev–Trinajstić information content (AvgIpc) is 2.30. The maximum atomic E-state index is 11.4. The van der Waals surface area contributed by atoms with Gasteiger partial charge in [-0.25, -0.2) is 0 Å². The van der Waals surface area contributed by atoms with Crippen LogP contribution in [-0.2, 0) is 0 Å². The number of nitriles is 1. The van der Waals surface area contributed by atoms with E-state index in [-0.39, 0.29) is 11.1 Å². The number of nitrogens with one attached hydrogen (secondary N) is 1. The van der Waals surface area contributed by atoms with Crippen LogP contribution in [0.3, 0.4) is 0 Å². The SMILES string of the molecule is N#Cc1ccc(-c2ccccc2)[nH]c1=O. The van der Waals surface area contributed by atoms with E-state index < -0.39 is 0 Å². The Morgan fingerprint density at radius 1 is 1.07 bits per heavy atom. The summed E-state index contributed by atoms with van der Waals surface area (Å²) in [5.74, 6) is 0. The van der Waals surface area contributed by atoms with Crippen LogP contribution in [0.5, 0.6) is 0 Å². The molecular formula is C12H8N2O. The van der Waals surface area contributed by atoms with Gasteiger partial charge in [0.25, 0.3) is 5.56 Å². The molecule has 0 aliphatic carbocycles. The summed E-state index contributed by atoms with van der Waals surface area (Å²) >= 11 is 0. The van der Waals surface area contributed by atoms with E-state index in [1.54, 1.807) is 6.07 Å². The zero-order chi connectivity index (χ0) is 10.7. The van der Waals surface area contributed by atoms with E-state index in [9.17, 15) is 4.79 Å². The predicted molar refractivity (Wildman–Crippen MR) is 57.2 cm³/mol. The van der Waals surface area contributed by atoms with E-state index in [2.05, 4.69) is 4.98 Å². The quantitative estimate of drug-likeness (QED) is 0.757. The number of hydrogen-bond donors (Lipinski definition) is 1. The van der Waals surface area contributed by atoms with Crippen molar-refractivity contribution >= 4 is 0 Å². The summed E-state index contributed by atoms with van der Waals surface area (Å²) in [5.41, 5.74) is 1.44. The number of nitrogens with zero attached hydrogens (tertiary/aromatic N) is 1. The minimum absolute atomic E-state index is 0.134. The van der Waals surface area contributed by atoms with Gasteiger partial charge in [-0.1, -0.05) is 30.3 Å². The second-order valence-electron chi connectivity index (χ2n) is 3.09. The van der Waals surface area contributed by atoms with E-state index in [0.717, 1.165) is 11.3 Å². The summed E-state index contributed by atoms with van der Waals surface area (Å²) in [6.45, 7) is 0. The highest BCUT2D eigenvalue weighted by Gasteiger charge is 2.00. The van der Waals surface area contributed by atoms with Crippen molar-refractivity contribution in [2.24, 2.45) is 0 Å². The van der Waals surface area contributed by atoms with E-state index in [1.165, 1.54) is 6.07 Å². The van der Waals surface area contributed by atoms with Gasteiger partial charge in [-0.2, -0.15) is 5.26 Å². The first-order valence-corrected chi connectivity index (χ1v) is 4.50. The molecule has 1 aromatic heterocycles. The van der Waals surface area contributed by atoms with Gasteiger partial charge in [-0.3, -0.25) is 4.79 Å². The molecule has 1 heterocycles. The lowest BCUT2D eigenvalue weighted by atomic mass is 10.1. The number of H-pyrrole nitrogens is 1. The molecule has 2 aromatic rings. The standard InChI is InChI=1S/C12H8N2O/c13-8-10-6-7-11(14-12(10)15)9-4-2-1-3-5-9/h1-7H,(H,14,15). The molecule has 0 unspecified atom stereocenters. The first kappa shape index (κ1) is 9.22. The number of benzene rings is 1. The smallest absolute Gasteiger partial charge is 0.266 e. The molecule has 2 rings (SSSR count). The second kappa shape index (κ2) is 3.81. The molecule has 0 spiro atoms. The summed E-state index contributed by atoms with van der Waals surface area (Å²) in [6, 6.07) is 14.6. The van der Waals surface area contributed by atoms with Gasteiger partial charge in [-0.05, 0) is 17.7 Å². The molecule has 0 bridgehead atoms. The normalized spacial score (nSPS) is 9.53. The molecule has 3 heteroatoms. The highest BCUT2D eigenvalue weighted by atomic mass is 16.1. The molecule has 0 radical (unpaired) electrons. The molecule has 3 nitrogen and oxygen atoms in total. The summed E-state index contributed by atoms with van der Waals surface area (Å²) in [6.07, 6.45) is 0. The fraction of sp³-hybridized carbons (Fsp3) is 0. The van der Waals surface area contributed by atoms with Crippen LogP contribution < -0.4 is 5.56 Å². The maximum absolute atomic E-state index is 11.4. The maximum Gasteiger partial charge on any atom is 0.266 e. The van der Waals surface area contributed by atoms with Crippen LogP contribution in [0.4, 0.5) is 0 Å². The van der Waals surface area contributed by atoms with Gasteiger partial charge in [0.05, 0.1) is 0 Å². The summed E-state index contributed by atoms with van der Waals surface area (Å²) < 4.78 is 0. The molecular weight excluding hydrogens is 188 g/mol. The van der Waals surface area contributed by atoms with Crippen molar-refractivity contribution in [2.45, 2.75) is 0 Å². The van der Waals surface area contributed by atoms with Gasteiger partial charge in [0, 0.05) is 5.69 Å². The molecule has 0 atom stereocenters. The van der Waals surface area contributed by atoms with Crippen LogP contribution in [0.25, 0.3) is 11.3 Å².